The first-order chi connectivity index (χ1) is 13.0. The molecular weight excluding hydrogens is 338 g/mol. The summed E-state index contributed by atoms with van der Waals surface area (Å²) in [5.74, 6) is 1.71. The molecule has 1 heterocycles. The topological polar surface area (TPSA) is 55.5 Å². The van der Waals surface area contributed by atoms with Crippen LogP contribution in [0.25, 0.3) is 11.5 Å². The number of ether oxygens (including phenoxy) is 1. The molecule has 1 N–H and O–H groups in total. The summed E-state index contributed by atoms with van der Waals surface area (Å²) in [6.45, 7) is 10.9. The van der Waals surface area contributed by atoms with Crippen molar-refractivity contribution in [1.29, 1.82) is 0 Å². The largest absolute Gasteiger partial charge is 0.507 e. The highest BCUT2D eigenvalue weighted by Crippen LogP contribution is 2.29. The number of benzene rings is 2. The van der Waals surface area contributed by atoms with Gasteiger partial charge in [0.1, 0.15) is 11.5 Å². The van der Waals surface area contributed by atoms with Crippen molar-refractivity contribution in [3.8, 4) is 17.2 Å². The Morgan fingerprint density at radius 3 is 2.26 bits per heavy atom. The van der Waals surface area contributed by atoms with Crippen molar-refractivity contribution in [3.05, 3.63) is 70.6 Å². The third-order valence-corrected chi connectivity index (χ3v) is 4.23. The first-order valence-electron chi connectivity index (χ1n) is 9.43. The third kappa shape index (κ3) is 5.44. The average molecular weight is 367 g/mol. The monoisotopic (exact) mass is 367 g/mol. The molecule has 0 fully saturated rings. The van der Waals surface area contributed by atoms with Crippen LogP contribution < -0.4 is 0 Å². The van der Waals surface area contributed by atoms with Crippen LogP contribution in [0.4, 0.5) is 0 Å². The van der Waals surface area contributed by atoms with Crippen molar-refractivity contribution in [2.45, 2.75) is 47.6 Å². The van der Waals surface area contributed by atoms with E-state index in [-0.39, 0.29) is 0 Å². The van der Waals surface area contributed by atoms with E-state index in [1.807, 2.05) is 65.0 Å². The van der Waals surface area contributed by atoms with Crippen LogP contribution >= 0.6 is 0 Å². The van der Waals surface area contributed by atoms with Gasteiger partial charge >= 0.3 is 0 Å². The van der Waals surface area contributed by atoms with Crippen LogP contribution in [0.2, 0.25) is 0 Å². The van der Waals surface area contributed by atoms with E-state index in [1.54, 1.807) is 0 Å². The van der Waals surface area contributed by atoms with E-state index < -0.39 is 0 Å². The second-order valence-electron chi connectivity index (χ2n) is 6.27. The van der Waals surface area contributed by atoms with E-state index in [0.717, 1.165) is 33.7 Å². The second kappa shape index (κ2) is 9.93. The van der Waals surface area contributed by atoms with Crippen LogP contribution in [0.1, 0.15) is 42.0 Å². The Morgan fingerprint density at radius 2 is 1.63 bits per heavy atom. The van der Waals surface area contributed by atoms with Crippen molar-refractivity contribution >= 4 is 0 Å². The number of aromatic hydroxyl groups is 1. The SMILES string of the molecule is CC.Cc1cc(-c2nc(CCOCc3ccccc3)c(C)o2)cc(C)c1O. The van der Waals surface area contributed by atoms with E-state index in [0.29, 0.717) is 31.3 Å². The van der Waals surface area contributed by atoms with E-state index in [2.05, 4.69) is 17.1 Å². The predicted molar refractivity (Wildman–Crippen MR) is 109 cm³/mol. The van der Waals surface area contributed by atoms with Crippen molar-refractivity contribution in [3.63, 3.8) is 0 Å². The predicted octanol–water partition coefficient (Wildman–Crippen LogP) is 5.76. The maximum atomic E-state index is 9.91. The van der Waals surface area contributed by atoms with Gasteiger partial charge in [-0.05, 0) is 49.6 Å². The summed E-state index contributed by atoms with van der Waals surface area (Å²) in [5.41, 5.74) is 4.59. The van der Waals surface area contributed by atoms with E-state index in [1.165, 1.54) is 0 Å². The summed E-state index contributed by atoms with van der Waals surface area (Å²) in [7, 11) is 0. The van der Waals surface area contributed by atoms with Gasteiger partial charge in [0.15, 0.2) is 0 Å². The molecule has 4 nitrogen and oxygen atoms in total. The van der Waals surface area contributed by atoms with Gasteiger partial charge < -0.3 is 14.3 Å². The first kappa shape index (κ1) is 20.7. The fraction of sp³-hybridized carbons (Fsp3) is 0.348. The Kier molecular flexibility index (Phi) is 7.62. The Hall–Kier alpha value is -2.59. The van der Waals surface area contributed by atoms with Gasteiger partial charge in [0.05, 0.1) is 18.9 Å². The minimum absolute atomic E-state index is 0.321. The highest BCUT2D eigenvalue weighted by Gasteiger charge is 2.13. The summed E-state index contributed by atoms with van der Waals surface area (Å²) in [4.78, 5) is 4.61. The van der Waals surface area contributed by atoms with Crippen molar-refractivity contribution in [2.75, 3.05) is 6.61 Å². The number of nitrogens with zero attached hydrogens (tertiary/aromatic N) is 1. The van der Waals surface area contributed by atoms with Crippen LogP contribution in [0.5, 0.6) is 5.75 Å². The lowest BCUT2D eigenvalue weighted by molar-refractivity contribution is 0.123. The van der Waals surface area contributed by atoms with E-state index >= 15 is 0 Å². The number of phenolic OH excluding ortho intramolecular Hbond substituents is 1. The number of hydrogen-bond acceptors (Lipinski definition) is 4. The smallest absolute Gasteiger partial charge is 0.226 e. The van der Waals surface area contributed by atoms with E-state index in [9.17, 15) is 5.11 Å². The Balaban J connectivity index is 0.00000126. The van der Waals surface area contributed by atoms with Crippen LogP contribution in [-0.4, -0.2) is 16.7 Å². The molecule has 1 aromatic heterocycles. The van der Waals surface area contributed by atoms with Crippen LogP contribution in [-0.2, 0) is 17.8 Å². The summed E-state index contributed by atoms with van der Waals surface area (Å²) in [6.07, 6.45) is 0.707. The number of rotatable bonds is 6. The molecule has 0 saturated carbocycles. The molecule has 0 amide bonds. The Bertz CT molecular complexity index is 830. The molecule has 0 aliphatic carbocycles. The molecule has 0 saturated heterocycles. The maximum Gasteiger partial charge on any atom is 0.226 e. The number of phenols is 1. The molecule has 4 heteroatoms. The molecule has 0 spiro atoms. The zero-order valence-electron chi connectivity index (χ0n) is 16.9. The van der Waals surface area contributed by atoms with Gasteiger partial charge in [0, 0.05) is 12.0 Å². The fourth-order valence-electron chi connectivity index (χ4n) is 2.80. The highest BCUT2D eigenvalue weighted by molar-refractivity contribution is 5.60. The normalized spacial score (nSPS) is 10.4. The minimum atomic E-state index is 0.321. The van der Waals surface area contributed by atoms with E-state index in [4.69, 9.17) is 9.15 Å². The summed E-state index contributed by atoms with van der Waals surface area (Å²) < 4.78 is 11.6. The maximum absolute atomic E-state index is 9.91. The first-order valence-corrected chi connectivity index (χ1v) is 9.43. The van der Waals surface area contributed by atoms with Crippen molar-refractivity contribution < 1.29 is 14.3 Å². The molecule has 0 bridgehead atoms. The van der Waals surface area contributed by atoms with Gasteiger partial charge in [-0.3, -0.25) is 0 Å². The Labute approximate surface area is 161 Å². The summed E-state index contributed by atoms with van der Waals surface area (Å²) in [6, 6.07) is 13.9. The molecule has 3 aromatic rings. The standard InChI is InChI=1S/C21H23NO3.C2H6/c1-14-11-18(12-15(2)20(14)23)21-22-19(16(3)25-21)9-10-24-13-17-7-5-4-6-8-17;1-2/h4-8,11-12,23H,9-10,13H2,1-3H3;1-2H3. The van der Waals surface area contributed by atoms with Gasteiger partial charge in [0.2, 0.25) is 5.89 Å². The number of oxazole rings is 1. The van der Waals surface area contributed by atoms with Gasteiger partial charge in [-0.1, -0.05) is 44.2 Å². The molecule has 0 aliphatic rings. The lowest BCUT2D eigenvalue weighted by atomic mass is 10.1. The fourth-order valence-corrected chi connectivity index (χ4v) is 2.80. The van der Waals surface area contributed by atoms with Gasteiger partial charge in [-0.25, -0.2) is 4.98 Å². The number of aromatic nitrogens is 1. The molecule has 0 atom stereocenters. The molecule has 0 unspecified atom stereocenters. The zero-order chi connectivity index (χ0) is 19.8. The molecule has 3 rings (SSSR count). The second-order valence-corrected chi connectivity index (χ2v) is 6.27. The lowest BCUT2D eigenvalue weighted by Gasteiger charge is -2.05. The summed E-state index contributed by atoms with van der Waals surface area (Å²) >= 11 is 0. The minimum Gasteiger partial charge on any atom is -0.507 e. The highest BCUT2D eigenvalue weighted by atomic mass is 16.5. The summed E-state index contributed by atoms with van der Waals surface area (Å²) in [5, 5.41) is 9.91. The van der Waals surface area contributed by atoms with Crippen LogP contribution in [0.15, 0.2) is 46.9 Å². The third-order valence-electron chi connectivity index (χ3n) is 4.23. The molecule has 27 heavy (non-hydrogen) atoms. The van der Waals surface area contributed by atoms with Crippen molar-refractivity contribution in [1.82, 2.24) is 4.98 Å². The van der Waals surface area contributed by atoms with Gasteiger partial charge in [-0.2, -0.15) is 0 Å². The molecular formula is C23H29NO3. The number of hydrogen-bond donors (Lipinski definition) is 1. The van der Waals surface area contributed by atoms with Crippen molar-refractivity contribution in [2.24, 2.45) is 0 Å². The Morgan fingerprint density at radius 1 is 1.00 bits per heavy atom. The number of aryl methyl sites for hydroxylation is 3. The lowest BCUT2D eigenvalue weighted by Crippen LogP contribution is -2.00. The molecule has 0 radical (unpaired) electrons. The molecule has 2 aromatic carbocycles. The zero-order valence-corrected chi connectivity index (χ0v) is 16.9. The van der Waals surface area contributed by atoms with Crippen LogP contribution in [0.3, 0.4) is 0 Å². The molecule has 0 aliphatic heterocycles. The quantitative estimate of drug-likeness (QED) is 0.563. The van der Waals surface area contributed by atoms with Gasteiger partial charge in [-0.15, -0.1) is 0 Å². The van der Waals surface area contributed by atoms with Crippen LogP contribution in [0, 0.1) is 20.8 Å². The molecule has 144 valence electrons. The average Bonchev–Trinajstić information content (AvgIpc) is 3.06. The van der Waals surface area contributed by atoms with Gasteiger partial charge in [0.25, 0.3) is 0 Å².